The molecule has 2 aliphatic carbocycles. The van der Waals surface area contributed by atoms with Crippen LogP contribution in [-0.4, -0.2) is 14.8 Å². The quantitative estimate of drug-likeness (QED) is 0.707. The molecule has 2 fully saturated rings. The Bertz CT molecular complexity index is 870. The maximum atomic E-state index is 13.2. The molecule has 26 heavy (non-hydrogen) atoms. The summed E-state index contributed by atoms with van der Waals surface area (Å²) in [4.78, 5) is -0.342. The lowest BCUT2D eigenvalue weighted by Crippen LogP contribution is -2.24. The monoisotopic (exact) mass is 402 g/mol. The summed E-state index contributed by atoms with van der Waals surface area (Å²) < 4.78 is 41.8. The molecule has 2 aromatic heterocycles. The van der Waals surface area contributed by atoms with Crippen molar-refractivity contribution < 1.29 is 13.2 Å². The number of alkyl halides is 3. The number of hydrogen-bond donors (Lipinski definition) is 0. The molecule has 0 N–H and O–H groups in total. The van der Waals surface area contributed by atoms with Crippen molar-refractivity contribution >= 4 is 23.7 Å². The topological polar surface area (TPSA) is 54.5 Å². The number of thiophene rings is 1. The first-order chi connectivity index (χ1) is 11.7. The minimum absolute atomic E-state index is 0. The Morgan fingerprint density at radius 3 is 2.31 bits per heavy atom. The average molecular weight is 403 g/mol. The molecule has 0 aromatic carbocycles. The van der Waals surface area contributed by atoms with E-state index in [1.807, 2.05) is 13.8 Å². The van der Waals surface area contributed by atoms with Gasteiger partial charge in [0.05, 0.1) is 11.0 Å². The number of hydrogen-bond acceptors (Lipinski definition) is 4. The molecule has 0 saturated heterocycles. The van der Waals surface area contributed by atoms with Gasteiger partial charge in [0.2, 0.25) is 0 Å². The predicted molar refractivity (Wildman–Crippen MR) is 93.7 cm³/mol. The fourth-order valence-electron chi connectivity index (χ4n) is 3.15. The second-order valence-electron chi connectivity index (χ2n) is 7.35. The maximum Gasteiger partial charge on any atom is 0.426 e. The summed E-state index contributed by atoms with van der Waals surface area (Å²) in [7, 11) is 0. The molecule has 2 aromatic rings. The van der Waals surface area contributed by atoms with E-state index >= 15 is 0 Å². The van der Waals surface area contributed by atoms with Gasteiger partial charge in [-0.15, -0.1) is 33.9 Å². The molecule has 0 unspecified atom stereocenters. The van der Waals surface area contributed by atoms with Crippen LogP contribution in [0.1, 0.15) is 78.5 Å². The highest BCUT2D eigenvalue weighted by Gasteiger charge is 2.43. The Hall–Kier alpha value is -1.59. The van der Waals surface area contributed by atoms with Crippen molar-refractivity contribution in [2.24, 2.45) is 0 Å². The van der Waals surface area contributed by atoms with E-state index in [1.165, 1.54) is 6.07 Å². The highest BCUT2D eigenvalue weighted by molar-refractivity contribution is 7.12. The van der Waals surface area contributed by atoms with Crippen molar-refractivity contribution in [1.82, 2.24) is 14.8 Å². The molecule has 0 spiro atoms. The highest BCUT2D eigenvalue weighted by Crippen LogP contribution is 2.48. The molecule has 0 amide bonds. The van der Waals surface area contributed by atoms with Crippen LogP contribution in [0.3, 0.4) is 0 Å². The van der Waals surface area contributed by atoms with Gasteiger partial charge in [0, 0.05) is 16.8 Å². The third-order valence-electron chi connectivity index (χ3n) is 4.86. The van der Waals surface area contributed by atoms with Crippen molar-refractivity contribution in [3.05, 3.63) is 33.0 Å². The van der Waals surface area contributed by atoms with Crippen LogP contribution in [0.5, 0.6) is 0 Å². The number of rotatable bonds is 4. The van der Waals surface area contributed by atoms with Crippen LogP contribution in [0.2, 0.25) is 0 Å². The SMILES string of the molecule is CC(C)(c1cc(C#N)c(C(F)(F)F)s1)c1nnc(C2CC2)n1C1CC1.Cl. The molecule has 9 heteroatoms. The Morgan fingerprint density at radius 2 is 1.85 bits per heavy atom. The number of aromatic nitrogens is 3. The molecule has 0 atom stereocenters. The average Bonchev–Trinajstić information content (AvgIpc) is 3.46. The molecular weight excluding hydrogens is 385 g/mol. The van der Waals surface area contributed by atoms with Crippen LogP contribution >= 0.6 is 23.7 Å². The van der Waals surface area contributed by atoms with Crippen LogP contribution in [0, 0.1) is 11.3 Å². The minimum atomic E-state index is -4.52. The first kappa shape index (κ1) is 19.2. The van der Waals surface area contributed by atoms with Gasteiger partial charge in [-0.1, -0.05) is 0 Å². The normalized spacial score (nSPS) is 17.7. The van der Waals surface area contributed by atoms with Crippen molar-refractivity contribution in [3.63, 3.8) is 0 Å². The van der Waals surface area contributed by atoms with E-state index in [4.69, 9.17) is 5.26 Å². The summed E-state index contributed by atoms with van der Waals surface area (Å²) in [5.74, 6) is 2.11. The third-order valence-corrected chi connectivity index (χ3v) is 6.37. The summed E-state index contributed by atoms with van der Waals surface area (Å²) >= 11 is 0.638. The summed E-state index contributed by atoms with van der Waals surface area (Å²) in [6.45, 7) is 3.72. The summed E-state index contributed by atoms with van der Waals surface area (Å²) in [5, 5.41) is 17.8. The van der Waals surface area contributed by atoms with Crippen LogP contribution in [0.25, 0.3) is 0 Å². The van der Waals surface area contributed by atoms with E-state index in [-0.39, 0.29) is 18.0 Å². The number of halogens is 4. The first-order valence-electron chi connectivity index (χ1n) is 8.30. The van der Waals surface area contributed by atoms with Gasteiger partial charge in [-0.25, -0.2) is 0 Å². The summed E-state index contributed by atoms with van der Waals surface area (Å²) in [5.41, 5.74) is -1.05. The van der Waals surface area contributed by atoms with E-state index in [0.29, 0.717) is 34.0 Å². The minimum Gasteiger partial charge on any atom is -0.311 e. The van der Waals surface area contributed by atoms with E-state index in [1.54, 1.807) is 6.07 Å². The molecular formula is C17H18ClF3N4S. The largest absolute Gasteiger partial charge is 0.426 e. The Balaban J connectivity index is 0.00000196. The lowest BCUT2D eigenvalue weighted by molar-refractivity contribution is -0.134. The number of nitrogens with zero attached hydrogens (tertiary/aromatic N) is 4. The Labute approximate surface area is 159 Å². The van der Waals surface area contributed by atoms with E-state index in [0.717, 1.165) is 31.5 Å². The van der Waals surface area contributed by atoms with Gasteiger partial charge in [-0.05, 0) is 45.6 Å². The molecule has 2 saturated carbocycles. The van der Waals surface area contributed by atoms with Gasteiger partial charge in [-0.2, -0.15) is 18.4 Å². The van der Waals surface area contributed by atoms with Gasteiger partial charge >= 0.3 is 6.18 Å². The van der Waals surface area contributed by atoms with Gasteiger partial charge < -0.3 is 4.57 Å². The smallest absolute Gasteiger partial charge is 0.311 e. The molecule has 2 aliphatic rings. The van der Waals surface area contributed by atoms with Crippen LogP contribution in [0.4, 0.5) is 13.2 Å². The van der Waals surface area contributed by atoms with Crippen LogP contribution in [-0.2, 0) is 11.6 Å². The molecule has 2 heterocycles. The molecule has 0 bridgehead atoms. The van der Waals surface area contributed by atoms with Crippen molar-refractivity contribution in [2.45, 2.75) is 63.1 Å². The predicted octanol–water partition coefficient (Wildman–Crippen LogP) is 5.19. The fraction of sp³-hybridized carbons (Fsp3) is 0.588. The summed E-state index contributed by atoms with van der Waals surface area (Å²) in [6.07, 6.45) is -0.208. The van der Waals surface area contributed by atoms with Crippen LogP contribution < -0.4 is 0 Å². The third kappa shape index (κ3) is 3.12. The second-order valence-corrected chi connectivity index (χ2v) is 8.40. The highest BCUT2D eigenvalue weighted by atomic mass is 35.5. The summed E-state index contributed by atoms with van der Waals surface area (Å²) in [6, 6.07) is 3.39. The molecule has 4 nitrogen and oxygen atoms in total. The van der Waals surface area contributed by atoms with E-state index in [9.17, 15) is 13.2 Å². The van der Waals surface area contributed by atoms with Crippen molar-refractivity contribution in [2.75, 3.05) is 0 Å². The molecule has 0 aliphatic heterocycles. The van der Waals surface area contributed by atoms with E-state index in [2.05, 4.69) is 14.8 Å². The van der Waals surface area contributed by atoms with Gasteiger partial charge in [0.15, 0.2) is 0 Å². The van der Waals surface area contributed by atoms with Crippen molar-refractivity contribution in [3.8, 4) is 6.07 Å². The van der Waals surface area contributed by atoms with Gasteiger partial charge in [0.25, 0.3) is 0 Å². The molecule has 0 radical (unpaired) electrons. The Morgan fingerprint density at radius 1 is 1.19 bits per heavy atom. The Kier molecular flexibility index (Phi) is 4.60. The lowest BCUT2D eigenvalue weighted by Gasteiger charge is -2.24. The zero-order valence-corrected chi connectivity index (χ0v) is 15.9. The van der Waals surface area contributed by atoms with Crippen molar-refractivity contribution in [1.29, 1.82) is 5.26 Å². The lowest BCUT2D eigenvalue weighted by atomic mass is 9.89. The standard InChI is InChI=1S/C17H17F3N4S.ClH/c1-16(2,12-7-10(8-21)13(25-12)17(18,19)20)15-23-22-14(9-3-4-9)24(15)11-5-6-11;/h7,9,11H,3-6H2,1-2H3;1H. The zero-order chi connectivity index (χ0) is 18.0. The zero-order valence-electron chi connectivity index (χ0n) is 14.3. The second kappa shape index (κ2) is 6.24. The molecule has 140 valence electrons. The maximum absolute atomic E-state index is 13.2. The van der Waals surface area contributed by atoms with E-state index < -0.39 is 16.5 Å². The van der Waals surface area contributed by atoms with Gasteiger partial charge in [-0.3, -0.25) is 0 Å². The first-order valence-corrected chi connectivity index (χ1v) is 9.12. The molecule has 4 rings (SSSR count). The number of nitriles is 1. The van der Waals surface area contributed by atoms with Crippen LogP contribution in [0.15, 0.2) is 6.07 Å². The fourth-order valence-corrected chi connectivity index (χ4v) is 4.22. The van der Waals surface area contributed by atoms with Gasteiger partial charge in [0.1, 0.15) is 22.6 Å².